The van der Waals surface area contributed by atoms with Gasteiger partial charge in [-0.1, -0.05) is 6.42 Å². The molecule has 1 fully saturated rings. The van der Waals surface area contributed by atoms with Gasteiger partial charge in [-0.05, 0) is 26.2 Å². The quantitative estimate of drug-likeness (QED) is 0.762. The van der Waals surface area contributed by atoms with E-state index in [9.17, 15) is 9.59 Å². The third kappa shape index (κ3) is 3.43. The van der Waals surface area contributed by atoms with Gasteiger partial charge in [-0.25, -0.2) is 0 Å². The van der Waals surface area contributed by atoms with Crippen LogP contribution in [0.1, 0.15) is 32.6 Å². The van der Waals surface area contributed by atoms with Crippen LogP contribution in [0.3, 0.4) is 0 Å². The lowest BCUT2D eigenvalue weighted by atomic mass is 9.80. The zero-order valence-electron chi connectivity index (χ0n) is 10.4. The first kappa shape index (κ1) is 14.0. The summed E-state index contributed by atoms with van der Waals surface area (Å²) >= 11 is 0. The second kappa shape index (κ2) is 6.00. The van der Waals surface area contributed by atoms with E-state index in [0.29, 0.717) is 12.8 Å². The summed E-state index contributed by atoms with van der Waals surface area (Å²) < 4.78 is 0. The van der Waals surface area contributed by atoms with Crippen LogP contribution in [-0.4, -0.2) is 46.7 Å². The van der Waals surface area contributed by atoms with E-state index in [4.69, 9.17) is 10.2 Å². The highest BCUT2D eigenvalue weighted by molar-refractivity contribution is 5.80. The first-order chi connectivity index (χ1) is 7.97. The maximum Gasteiger partial charge on any atom is 0.306 e. The zero-order chi connectivity index (χ0) is 13.0. The molecule has 0 radical (unpaired) electrons. The fourth-order valence-corrected chi connectivity index (χ4v) is 2.27. The fraction of sp³-hybridized carbons (Fsp3) is 0.833. The zero-order valence-corrected chi connectivity index (χ0v) is 10.4. The number of hydrogen-bond acceptors (Lipinski definition) is 3. The van der Waals surface area contributed by atoms with Crippen molar-refractivity contribution in [2.45, 2.75) is 38.6 Å². The van der Waals surface area contributed by atoms with E-state index in [1.807, 2.05) is 0 Å². The van der Waals surface area contributed by atoms with E-state index >= 15 is 0 Å². The summed E-state index contributed by atoms with van der Waals surface area (Å²) in [6, 6.07) is -0.215. The number of carbonyl (C=O) groups is 2. The molecule has 1 aliphatic rings. The van der Waals surface area contributed by atoms with Crippen LogP contribution in [0.4, 0.5) is 0 Å². The number of aliphatic hydroxyl groups is 1. The van der Waals surface area contributed by atoms with Gasteiger partial charge < -0.3 is 15.1 Å². The minimum atomic E-state index is -0.805. The van der Waals surface area contributed by atoms with Gasteiger partial charge in [0.05, 0.1) is 18.6 Å². The van der Waals surface area contributed by atoms with Gasteiger partial charge in [0.1, 0.15) is 0 Å². The Morgan fingerprint density at radius 2 is 1.94 bits per heavy atom. The first-order valence-electron chi connectivity index (χ1n) is 6.07. The molecule has 0 aromatic rings. The molecule has 17 heavy (non-hydrogen) atoms. The van der Waals surface area contributed by atoms with Gasteiger partial charge in [-0.15, -0.1) is 0 Å². The minimum Gasteiger partial charge on any atom is -0.481 e. The predicted molar refractivity (Wildman–Crippen MR) is 62.4 cm³/mol. The van der Waals surface area contributed by atoms with Crippen molar-refractivity contribution < 1.29 is 19.8 Å². The summed E-state index contributed by atoms with van der Waals surface area (Å²) in [5.41, 5.74) is 0. The monoisotopic (exact) mass is 243 g/mol. The van der Waals surface area contributed by atoms with E-state index in [0.717, 1.165) is 12.8 Å². The Morgan fingerprint density at radius 3 is 2.47 bits per heavy atom. The molecule has 5 heteroatoms. The topological polar surface area (TPSA) is 77.8 Å². The van der Waals surface area contributed by atoms with Crippen LogP contribution in [0.2, 0.25) is 0 Å². The molecule has 1 rings (SSSR count). The predicted octanol–water partition coefficient (Wildman–Crippen LogP) is 0.717. The van der Waals surface area contributed by atoms with Crippen molar-refractivity contribution in [1.82, 2.24) is 4.90 Å². The lowest BCUT2D eigenvalue weighted by Gasteiger charge is -2.31. The average Bonchev–Trinajstić information content (AvgIpc) is 2.36. The van der Waals surface area contributed by atoms with E-state index in [-0.39, 0.29) is 24.5 Å². The molecule has 0 aliphatic heterocycles. The van der Waals surface area contributed by atoms with Gasteiger partial charge in [-0.3, -0.25) is 9.59 Å². The molecule has 0 spiro atoms. The summed E-state index contributed by atoms with van der Waals surface area (Å²) in [6.45, 7) is 1.70. The van der Waals surface area contributed by atoms with Crippen LogP contribution in [0, 0.1) is 11.8 Å². The Hall–Kier alpha value is -1.10. The third-order valence-corrected chi connectivity index (χ3v) is 3.65. The maximum atomic E-state index is 12.1. The van der Waals surface area contributed by atoms with Crippen LogP contribution in [0.5, 0.6) is 0 Å². The second-order valence-electron chi connectivity index (χ2n) is 4.88. The molecule has 5 nitrogen and oxygen atoms in total. The maximum absolute atomic E-state index is 12.1. The van der Waals surface area contributed by atoms with Crippen molar-refractivity contribution in [2.75, 3.05) is 13.7 Å². The standard InChI is InChI=1S/C12H21NO4/c1-8(7-14)13(2)11(15)9-4-3-5-10(6-9)12(16)17/h8-10,14H,3-7H2,1-2H3,(H,16,17). The van der Waals surface area contributed by atoms with Crippen molar-refractivity contribution in [3.8, 4) is 0 Å². The first-order valence-corrected chi connectivity index (χ1v) is 6.07. The number of aliphatic carboxylic acids is 1. The van der Waals surface area contributed by atoms with E-state index in [1.165, 1.54) is 4.90 Å². The fourth-order valence-electron chi connectivity index (χ4n) is 2.27. The molecule has 0 bridgehead atoms. The number of nitrogens with zero attached hydrogens (tertiary/aromatic N) is 1. The van der Waals surface area contributed by atoms with E-state index < -0.39 is 11.9 Å². The number of hydrogen-bond donors (Lipinski definition) is 2. The number of amides is 1. The summed E-state index contributed by atoms with van der Waals surface area (Å²) in [6.07, 6.45) is 2.63. The summed E-state index contributed by atoms with van der Waals surface area (Å²) in [7, 11) is 1.66. The molecule has 0 aromatic heterocycles. The summed E-state index contributed by atoms with van der Waals surface area (Å²) in [4.78, 5) is 24.5. The number of aliphatic hydroxyl groups excluding tert-OH is 1. The normalized spacial score (nSPS) is 26.3. The van der Waals surface area contributed by atoms with Gasteiger partial charge in [0.25, 0.3) is 0 Å². The number of carboxylic acids is 1. The van der Waals surface area contributed by atoms with Crippen LogP contribution in [-0.2, 0) is 9.59 Å². The Labute approximate surface area is 101 Å². The molecule has 3 atom stereocenters. The van der Waals surface area contributed by atoms with Gasteiger partial charge in [0, 0.05) is 13.0 Å². The van der Waals surface area contributed by atoms with Gasteiger partial charge in [-0.2, -0.15) is 0 Å². The Kier molecular flexibility index (Phi) is 4.93. The molecule has 0 saturated heterocycles. The molecular weight excluding hydrogens is 222 g/mol. The average molecular weight is 243 g/mol. The Morgan fingerprint density at radius 1 is 1.35 bits per heavy atom. The smallest absolute Gasteiger partial charge is 0.306 e. The molecule has 1 aliphatic carbocycles. The highest BCUT2D eigenvalue weighted by atomic mass is 16.4. The highest BCUT2D eigenvalue weighted by Crippen LogP contribution is 2.30. The molecule has 0 heterocycles. The summed E-state index contributed by atoms with van der Waals surface area (Å²) in [5, 5.41) is 18.0. The number of carbonyl (C=O) groups excluding carboxylic acids is 1. The number of likely N-dealkylation sites (N-methyl/N-ethyl adjacent to an activating group) is 1. The highest BCUT2D eigenvalue weighted by Gasteiger charge is 2.33. The Bertz CT molecular complexity index is 292. The largest absolute Gasteiger partial charge is 0.481 e. The molecule has 2 N–H and O–H groups in total. The van der Waals surface area contributed by atoms with Crippen LogP contribution >= 0.6 is 0 Å². The van der Waals surface area contributed by atoms with Gasteiger partial charge >= 0.3 is 5.97 Å². The minimum absolute atomic E-state index is 0.0440. The van der Waals surface area contributed by atoms with E-state index in [2.05, 4.69) is 0 Å². The Balaban J connectivity index is 2.60. The number of rotatable bonds is 4. The SMILES string of the molecule is CC(CO)N(C)C(=O)C1CCCC(C(=O)O)C1. The van der Waals surface area contributed by atoms with Crippen LogP contribution in [0.15, 0.2) is 0 Å². The van der Waals surface area contributed by atoms with Crippen molar-refractivity contribution >= 4 is 11.9 Å². The lowest BCUT2D eigenvalue weighted by Crippen LogP contribution is -2.42. The molecule has 3 unspecified atom stereocenters. The third-order valence-electron chi connectivity index (χ3n) is 3.65. The van der Waals surface area contributed by atoms with Crippen molar-refractivity contribution in [3.05, 3.63) is 0 Å². The number of carboxylic acid groups (broad SMARTS) is 1. The van der Waals surface area contributed by atoms with Gasteiger partial charge in [0.15, 0.2) is 0 Å². The molecule has 0 aromatic carbocycles. The van der Waals surface area contributed by atoms with Crippen molar-refractivity contribution in [1.29, 1.82) is 0 Å². The van der Waals surface area contributed by atoms with Crippen molar-refractivity contribution in [3.63, 3.8) is 0 Å². The van der Waals surface area contributed by atoms with E-state index in [1.54, 1.807) is 14.0 Å². The molecule has 1 amide bonds. The second-order valence-corrected chi connectivity index (χ2v) is 4.88. The van der Waals surface area contributed by atoms with Crippen LogP contribution < -0.4 is 0 Å². The van der Waals surface area contributed by atoms with Crippen molar-refractivity contribution in [2.24, 2.45) is 11.8 Å². The molecular formula is C12H21NO4. The lowest BCUT2D eigenvalue weighted by molar-refractivity contribution is -0.145. The molecule has 98 valence electrons. The van der Waals surface area contributed by atoms with Crippen LogP contribution in [0.25, 0.3) is 0 Å². The summed E-state index contributed by atoms with van der Waals surface area (Å²) in [5.74, 6) is -1.45. The molecule has 1 saturated carbocycles. The van der Waals surface area contributed by atoms with Gasteiger partial charge in [0.2, 0.25) is 5.91 Å².